The maximum atomic E-state index is 11.8. The molecule has 2 nitrogen and oxygen atoms in total. The lowest BCUT2D eigenvalue weighted by atomic mass is 9.83. The standard InChI is InChI=1S/C23H38O2/c1-5-9-12-18(7-3)16-20-14-11-15-21(23(24)25)22(20)17-19(8-4)13-10-6-2/h11,14-15,18-19H,5-10,12-13,16-17H2,1-4H3,(H,24,25). The second kappa shape index (κ2) is 12.1. The van der Waals surface area contributed by atoms with E-state index in [1.54, 1.807) is 6.07 Å². The van der Waals surface area contributed by atoms with Crippen LogP contribution in [-0.4, -0.2) is 11.1 Å². The summed E-state index contributed by atoms with van der Waals surface area (Å²) in [5.41, 5.74) is 2.91. The molecule has 0 saturated carbocycles. The third-order valence-electron chi connectivity index (χ3n) is 5.59. The van der Waals surface area contributed by atoms with Crippen LogP contribution in [0.3, 0.4) is 0 Å². The van der Waals surface area contributed by atoms with Gasteiger partial charge < -0.3 is 5.11 Å². The lowest BCUT2D eigenvalue weighted by molar-refractivity contribution is 0.0695. The Labute approximate surface area is 155 Å². The third kappa shape index (κ3) is 7.22. The molecule has 0 radical (unpaired) electrons. The van der Waals surface area contributed by atoms with Gasteiger partial charge in [0.05, 0.1) is 5.56 Å². The van der Waals surface area contributed by atoms with Gasteiger partial charge in [0.1, 0.15) is 0 Å². The summed E-state index contributed by atoms with van der Waals surface area (Å²) in [6.07, 6.45) is 11.6. The van der Waals surface area contributed by atoms with E-state index in [1.807, 2.05) is 6.07 Å². The molecule has 142 valence electrons. The predicted octanol–water partition coefficient (Wildman–Crippen LogP) is 6.90. The van der Waals surface area contributed by atoms with Crippen LogP contribution in [0.15, 0.2) is 18.2 Å². The molecule has 0 bridgehead atoms. The van der Waals surface area contributed by atoms with Gasteiger partial charge >= 0.3 is 5.97 Å². The first kappa shape index (κ1) is 21.7. The number of carboxylic acids is 1. The molecule has 0 aromatic heterocycles. The van der Waals surface area contributed by atoms with Crippen molar-refractivity contribution < 1.29 is 9.90 Å². The van der Waals surface area contributed by atoms with Crippen molar-refractivity contribution in [2.75, 3.05) is 0 Å². The first-order valence-corrected chi connectivity index (χ1v) is 10.4. The van der Waals surface area contributed by atoms with Crippen molar-refractivity contribution in [1.29, 1.82) is 0 Å². The fraction of sp³-hybridized carbons (Fsp3) is 0.696. The molecule has 0 fully saturated rings. The topological polar surface area (TPSA) is 37.3 Å². The number of rotatable bonds is 13. The number of aromatic carboxylic acids is 1. The van der Waals surface area contributed by atoms with E-state index in [1.165, 1.54) is 50.5 Å². The van der Waals surface area contributed by atoms with E-state index in [9.17, 15) is 9.90 Å². The van der Waals surface area contributed by atoms with Crippen molar-refractivity contribution >= 4 is 5.97 Å². The Morgan fingerprint density at radius 2 is 1.48 bits per heavy atom. The van der Waals surface area contributed by atoms with Crippen molar-refractivity contribution in [3.8, 4) is 0 Å². The summed E-state index contributed by atoms with van der Waals surface area (Å²) >= 11 is 0. The van der Waals surface area contributed by atoms with E-state index >= 15 is 0 Å². The summed E-state index contributed by atoms with van der Waals surface area (Å²) in [6, 6.07) is 5.89. The fourth-order valence-electron chi connectivity index (χ4n) is 3.75. The predicted molar refractivity (Wildman–Crippen MR) is 107 cm³/mol. The van der Waals surface area contributed by atoms with Crippen LogP contribution in [0, 0.1) is 11.8 Å². The maximum absolute atomic E-state index is 11.8. The number of carbonyl (C=O) groups is 1. The smallest absolute Gasteiger partial charge is 0.335 e. The summed E-state index contributed by atoms with van der Waals surface area (Å²) in [5, 5.41) is 9.68. The highest BCUT2D eigenvalue weighted by atomic mass is 16.4. The third-order valence-corrected chi connectivity index (χ3v) is 5.59. The molecule has 0 aliphatic heterocycles. The van der Waals surface area contributed by atoms with Gasteiger partial charge in [-0.2, -0.15) is 0 Å². The summed E-state index contributed by atoms with van der Waals surface area (Å²) in [7, 11) is 0. The Kier molecular flexibility index (Phi) is 10.5. The van der Waals surface area contributed by atoms with E-state index in [4.69, 9.17) is 0 Å². The number of carboxylic acid groups (broad SMARTS) is 1. The zero-order valence-electron chi connectivity index (χ0n) is 16.8. The van der Waals surface area contributed by atoms with Gasteiger partial charge in [0.2, 0.25) is 0 Å². The molecule has 1 N–H and O–H groups in total. The average molecular weight is 347 g/mol. The van der Waals surface area contributed by atoms with Crippen molar-refractivity contribution in [3.63, 3.8) is 0 Å². The summed E-state index contributed by atoms with van der Waals surface area (Å²) < 4.78 is 0. The molecule has 0 heterocycles. The van der Waals surface area contributed by atoms with Crippen LogP contribution < -0.4 is 0 Å². The van der Waals surface area contributed by atoms with E-state index in [0.717, 1.165) is 24.8 Å². The maximum Gasteiger partial charge on any atom is 0.335 e. The van der Waals surface area contributed by atoms with E-state index < -0.39 is 5.97 Å². The second-order valence-corrected chi connectivity index (χ2v) is 7.49. The molecular formula is C23H38O2. The van der Waals surface area contributed by atoms with Gasteiger partial charge in [-0.05, 0) is 41.9 Å². The van der Waals surface area contributed by atoms with E-state index in [-0.39, 0.29) is 0 Å². The summed E-state index contributed by atoms with van der Waals surface area (Å²) in [4.78, 5) is 11.8. The summed E-state index contributed by atoms with van der Waals surface area (Å²) in [5.74, 6) is 0.484. The molecule has 2 heteroatoms. The zero-order valence-corrected chi connectivity index (χ0v) is 16.8. The molecule has 2 atom stereocenters. The molecule has 0 spiro atoms. The SMILES string of the molecule is CCCCC(CC)Cc1cccc(C(=O)O)c1CC(CC)CCCC. The molecule has 0 amide bonds. The van der Waals surface area contributed by atoms with Gasteiger partial charge in [0, 0.05) is 0 Å². The van der Waals surface area contributed by atoms with Gasteiger partial charge in [0.15, 0.2) is 0 Å². The Balaban J connectivity index is 3.06. The Bertz CT molecular complexity index is 507. The van der Waals surface area contributed by atoms with Crippen LogP contribution in [0.4, 0.5) is 0 Å². The van der Waals surface area contributed by atoms with Crippen molar-refractivity contribution in [1.82, 2.24) is 0 Å². The van der Waals surface area contributed by atoms with Crippen LogP contribution in [0.5, 0.6) is 0 Å². The molecule has 0 aliphatic carbocycles. The van der Waals surface area contributed by atoms with E-state index in [2.05, 4.69) is 33.8 Å². The molecule has 1 aromatic rings. The number of hydrogen-bond donors (Lipinski definition) is 1. The monoisotopic (exact) mass is 346 g/mol. The first-order valence-electron chi connectivity index (χ1n) is 10.4. The molecule has 2 unspecified atom stereocenters. The minimum absolute atomic E-state index is 0.526. The van der Waals surface area contributed by atoms with Crippen LogP contribution in [0.25, 0.3) is 0 Å². The highest BCUT2D eigenvalue weighted by Gasteiger charge is 2.19. The molecule has 1 aromatic carbocycles. The highest BCUT2D eigenvalue weighted by molar-refractivity contribution is 5.89. The van der Waals surface area contributed by atoms with Gasteiger partial charge in [-0.15, -0.1) is 0 Å². The van der Waals surface area contributed by atoms with Gasteiger partial charge in [0.25, 0.3) is 0 Å². The largest absolute Gasteiger partial charge is 0.478 e. The van der Waals surface area contributed by atoms with Crippen molar-refractivity contribution in [2.45, 2.75) is 91.9 Å². The van der Waals surface area contributed by atoms with Gasteiger partial charge in [-0.1, -0.05) is 91.2 Å². The normalized spacial score (nSPS) is 13.6. The minimum atomic E-state index is -0.774. The van der Waals surface area contributed by atoms with Gasteiger partial charge in [-0.3, -0.25) is 0 Å². The van der Waals surface area contributed by atoms with Crippen molar-refractivity contribution in [3.05, 3.63) is 34.9 Å². The minimum Gasteiger partial charge on any atom is -0.478 e. The van der Waals surface area contributed by atoms with Crippen LogP contribution in [-0.2, 0) is 12.8 Å². The van der Waals surface area contributed by atoms with Crippen LogP contribution >= 0.6 is 0 Å². The fourth-order valence-corrected chi connectivity index (χ4v) is 3.75. The van der Waals surface area contributed by atoms with Crippen LogP contribution in [0.2, 0.25) is 0 Å². The molecule has 1 rings (SSSR count). The van der Waals surface area contributed by atoms with Crippen molar-refractivity contribution in [2.24, 2.45) is 11.8 Å². The molecular weight excluding hydrogens is 308 g/mol. The van der Waals surface area contributed by atoms with Crippen LogP contribution in [0.1, 0.15) is 101 Å². The molecule has 0 aliphatic rings. The molecule has 25 heavy (non-hydrogen) atoms. The summed E-state index contributed by atoms with van der Waals surface area (Å²) in [6.45, 7) is 8.96. The Morgan fingerprint density at radius 1 is 0.920 bits per heavy atom. The quantitative estimate of drug-likeness (QED) is 0.421. The second-order valence-electron chi connectivity index (χ2n) is 7.49. The average Bonchev–Trinajstić information content (AvgIpc) is 2.62. The number of benzene rings is 1. The molecule has 0 saturated heterocycles. The lowest BCUT2D eigenvalue weighted by Gasteiger charge is -2.22. The first-order chi connectivity index (χ1) is 12.1. The van der Waals surface area contributed by atoms with E-state index in [0.29, 0.717) is 17.4 Å². The Morgan fingerprint density at radius 3 is 1.96 bits per heavy atom. The lowest BCUT2D eigenvalue weighted by Crippen LogP contribution is -2.14. The zero-order chi connectivity index (χ0) is 18.7. The number of hydrogen-bond acceptors (Lipinski definition) is 1. The number of unbranched alkanes of at least 4 members (excludes halogenated alkanes) is 2. The highest BCUT2D eigenvalue weighted by Crippen LogP contribution is 2.27. The van der Waals surface area contributed by atoms with Gasteiger partial charge in [-0.25, -0.2) is 4.79 Å². The Hall–Kier alpha value is -1.31.